The molecule has 0 aromatic heterocycles. The van der Waals surface area contributed by atoms with Crippen molar-refractivity contribution in [2.24, 2.45) is 0 Å². The molecule has 0 aliphatic carbocycles. The van der Waals surface area contributed by atoms with Crippen molar-refractivity contribution in [3.8, 4) is 0 Å². The number of carbonyl (C=O) groups is 2. The van der Waals surface area contributed by atoms with E-state index in [-0.39, 0.29) is 5.91 Å². The van der Waals surface area contributed by atoms with Gasteiger partial charge in [-0.05, 0) is 55.3 Å². The first-order valence-electron chi connectivity index (χ1n) is 7.18. The molecule has 1 N–H and O–H groups in total. The molecule has 0 fully saturated rings. The normalized spacial score (nSPS) is 10.2. The lowest BCUT2D eigenvalue weighted by molar-refractivity contribution is -0.113. The third-order valence-electron chi connectivity index (χ3n) is 3.42. The van der Waals surface area contributed by atoms with Gasteiger partial charge in [-0.15, -0.1) is 11.8 Å². The van der Waals surface area contributed by atoms with Gasteiger partial charge in [-0.2, -0.15) is 0 Å². The molecule has 5 heteroatoms. The third kappa shape index (κ3) is 4.86. The van der Waals surface area contributed by atoms with Gasteiger partial charge in [-0.1, -0.05) is 12.1 Å². The van der Waals surface area contributed by atoms with Crippen LogP contribution in [0.1, 0.15) is 21.5 Å². The van der Waals surface area contributed by atoms with Gasteiger partial charge in [0.15, 0.2) is 0 Å². The van der Waals surface area contributed by atoms with Crippen molar-refractivity contribution in [2.45, 2.75) is 18.7 Å². The number of benzene rings is 2. The van der Waals surface area contributed by atoms with Gasteiger partial charge in [-0.3, -0.25) is 4.79 Å². The van der Waals surface area contributed by atoms with Gasteiger partial charge in [0.2, 0.25) is 5.91 Å². The number of esters is 1. The molecule has 0 bridgehead atoms. The van der Waals surface area contributed by atoms with E-state index in [1.807, 2.05) is 6.07 Å². The fourth-order valence-corrected chi connectivity index (χ4v) is 2.79. The molecular formula is C18H19NO3S. The largest absolute Gasteiger partial charge is 0.465 e. The van der Waals surface area contributed by atoms with E-state index < -0.39 is 5.97 Å². The highest BCUT2D eigenvalue weighted by molar-refractivity contribution is 8.00. The Morgan fingerprint density at radius 1 is 1.09 bits per heavy atom. The molecule has 0 heterocycles. The smallest absolute Gasteiger partial charge is 0.337 e. The van der Waals surface area contributed by atoms with E-state index in [1.54, 1.807) is 24.3 Å². The second kappa shape index (κ2) is 7.83. The molecular weight excluding hydrogens is 310 g/mol. The molecule has 0 spiro atoms. The summed E-state index contributed by atoms with van der Waals surface area (Å²) in [6.07, 6.45) is 0. The Morgan fingerprint density at radius 2 is 1.87 bits per heavy atom. The zero-order valence-electron chi connectivity index (χ0n) is 13.4. The van der Waals surface area contributed by atoms with E-state index in [2.05, 4.69) is 36.0 Å². The number of hydrogen-bond donors (Lipinski definition) is 1. The van der Waals surface area contributed by atoms with Crippen molar-refractivity contribution < 1.29 is 14.3 Å². The van der Waals surface area contributed by atoms with Gasteiger partial charge in [0.1, 0.15) is 0 Å². The summed E-state index contributed by atoms with van der Waals surface area (Å²) in [4.78, 5) is 24.6. The number of hydrogen-bond acceptors (Lipinski definition) is 4. The van der Waals surface area contributed by atoms with E-state index in [0.29, 0.717) is 17.0 Å². The van der Waals surface area contributed by atoms with Gasteiger partial charge in [0, 0.05) is 10.6 Å². The van der Waals surface area contributed by atoms with Gasteiger partial charge < -0.3 is 10.1 Å². The number of anilines is 1. The maximum atomic E-state index is 12.0. The highest BCUT2D eigenvalue weighted by Gasteiger charge is 2.08. The summed E-state index contributed by atoms with van der Waals surface area (Å²) in [6.45, 7) is 4.11. The van der Waals surface area contributed by atoms with E-state index in [9.17, 15) is 9.59 Å². The molecule has 2 aromatic rings. The quantitative estimate of drug-likeness (QED) is 0.669. The summed E-state index contributed by atoms with van der Waals surface area (Å²) >= 11 is 1.48. The van der Waals surface area contributed by atoms with Gasteiger partial charge >= 0.3 is 5.97 Å². The third-order valence-corrected chi connectivity index (χ3v) is 4.41. The van der Waals surface area contributed by atoms with E-state index >= 15 is 0 Å². The lowest BCUT2D eigenvalue weighted by atomic mass is 10.1. The number of carbonyl (C=O) groups excluding carboxylic acids is 2. The number of aryl methyl sites for hydroxylation is 2. The Hall–Kier alpha value is -2.27. The summed E-state index contributed by atoms with van der Waals surface area (Å²) in [5, 5.41) is 2.79. The monoisotopic (exact) mass is 329 g/mol. The molecule has 0 saturated heterocycles. The molecule has 23 heavy (non-hydrogen) atoms. The second-order valence-electron chi connectivity index (χ2n) is 5.16. The minimum absolute atomic E-state index is 0.116. The average Bonchev–Trinajstić information content (AvgIpc) is 2.55. The molecule has 0 unspecified atom stereocenters. The van der Waals surface area contributed by atoms with Crippen LogP contribution in [0.4, 0.5) is 5.69 Å². The molecule has 0 radical (unpaired) electrons. The summed E-state index contributed by atoms with van der Waals surface area (Å²) in [5.74, 6) is -0.230. The first kappa shape index (κ1) is 17.1. The molecule has 120 valence electrons. The Morgan fingerprint density at radius 3 is 2.57 bits per heavy atom. The SMILES string of the molecule is COC(=O)c1cccc(NC(=O)CSc2ccc(C)c(C)c2)c1. The number of rotatable bonds is 5. The summed E-state index contributed by atoms with van der Waals surface area (Å²) in [7, 11) is 1.33. The van der Waals surface area contributed by atoms with Crippen molar-refractivity contribution in [3.63, 3.8) is 0 Å². The number of thioether (sulfide) groups is 1. The van der Waals surface area contributed by atoms with Crippen LogP contribution in [0.3, 0.4) is 0 Å². The van der Waals surface area contributed by atoms with Gasteiger partial charge in [0.25, 0.3) is 0 Å². The highest BCUT2D eigenvalue weighted by Crippen LogP contribution is 2.21. The van der Waals surface area contributed by atoms with Crippen molar-refractivity contribution in [1.82, 2.24) is 0 Å². The Labute approximate surface area is 140 Å². The predicted octanol–water partition coefficient (Wildman–Crippen LogP) is 3.82. The fraction of sp³-hybridized carbons (Fsp3) is 0.222. The zero-order chi connectivity index (χ0) is 16.8. The standard InChI is InChI=1S/C18H19NO3S/c1-12-7-8-16(9-13(12)2)23-11-17(20)19-15-6-4-5-14(10-15)18(21)22-3/h4-10H,11H2,1-3H3,(H,19,20). The lowest BCUT2D eigenvalue weighted by Gasteiger charge is -2.08. The van der Waals surface area contributed by atoms with Crippen LogP contribution in [0.25, 0.3) is 0 Å². The maximum Gasteiger partial charge on any atom is 0.337 e. The van der Waals surface area contributed by atoms with Crippen molar-refractivity contribution in [1.29, 1.82) is 0 Å². The lowest BCUT2D eigenvalue weighted by Crippen LogP contribution is -2.14. The van der Waals surface area contributed by atoms with Crippen LogP contribution in [0.15, 0.2) is 47.4 Å². The topological polar surface area (TPSA) is 55.4 Å². The van der Waals surface area contributed by atoms with Gasteiger partial charge in [-0.25, -0.2) is 4.79 Å². The van der Waals surface area contributed by atoms with Crippen LogP contribution < -0.4 is 5.32 Å². The Bertz CT molecular complexity index is 728. The molecule has 2 aromatic carbocycles. The minimum atomic E-state index is -0.425. The molecule has 2 rings (SSSR count). The van der Waals surface area contributed by atoms with E-state index in [4.69, 9.17) is 0 Å². The van der Waals surface area contributed by atoms with Crippen LogP contribution in [0.5, 0.6) is 0 Å². The second-order valence-corrected chi connectivity index (χ2v) is 6.20. The van der Waals surface area contributed by atoms with E-state index in [1.165, 1.54) is 30.0 Å². The van der Waals surface area contributed by atoms with Crippen molar-refractivity contribution in [2.75, 3.05) is 18.2 Å². The molecule has 4 nitrogen and oxygen atoms in total. The summed E-state index contributed by atoms with van der Waals surface area (Å²) in [6, 6.07) is 12.8. The maximum absolute atomic E-state index is 12.0. The minimum Gasteiger partial charge on any atom is -0.465 e. The van der Waals surface area contributed by atoms with E-state index in [0.717, 1.165) is 4.90 Å². The summed E-state index contributed by atoms with van der Waals surface area (Å²) in [5.41, 5.74) is 3.44. The van der Waals surface area contributed by atoms with Crippen LogP contribution >= 0.6 is 11.8 Å². The van der Waals surface area contributed by atoms with Crippen LogP contribution in [-0.4, -0.2) is 24.7 Å². The van der Waals surface area contributed by atoms with Crippen LogP contribution in [0.2, 0.25) is 0 Å². The first-order valence-corrected chi connectivity index (χ1v) is 8.16. The predicted molar refractivity (Wildman–Crippen MR) is 93.1 cm³/mol. The number of nitrogens with one attached hydrogen (secondary N) is 1. The van der Waals surface area contributed by atoms with Crippen LogP contribution in [-0.2, 0) is 9.53 Å². The molecule has 0 atom stereocenters. The Balaban J connectivity index is 1.94. The summed E-state index contributed by atoms with van der Waals surface area (Å²) < 4.78 is 4.67. The molecule has 1 amide bonds. The fourth-order valence-electron chi connectivity index (χ4n) is 1.99. The molecule has 0 saturated carbocycles. The van der Waals surface area contributed by atoms with Crippen molar-refractivity contribution >= 4 is 29.3 Å². The first-order chi connectivity index (χ1) is 11.0. The number of ether oxygens (including phenoxy) is 1. The average molecular weight is 329 g/mol. The Kier molecular flexibility index (Phi) is 5.82. The molecule has 0 aliphatic heterocycles. The number of amides is 1. The van der Waals surface area contributed by atoms with Crippen molar-refractivity contribution in [3.05, 3.63) is 59.2 Å². The zero-order valence-corrected chi connectivity index (χ0v) is 14.2. The van der Waals surface area contributed by atoms with Gasteiger partial charge in [0.05, 0.1) is 18.4 Å². The molecule has 0 aliphatic rings. The van der Waals surface area contributed by atoms with Crippen LogP contribution in [0, 0.1) is 13.8 Å². The highest BCUT2D eigenvalue weighted by atomic mass is 32.2. The number of methoxy groups -OCH3 is 1.